The van der Waals surface area contributed by atoms with Gasteiger partial charge in [-0.2, -0.15) is 0 Å². The molecule has 0 aromatic rings. The molecule has 1 rings (SSSR count). The van der Waals surface area contributed by atoms with E-state index >= 15 is 0 Å². The fraction of sp³-hybridized carbons (Fsp3) is 0.833. The van der Waals surface area contributed by atoms with Crippen LogP contribution >= 0.6 is 0 Å². The third-order valence-electron chi connectivity index (χ3n) is 3.37. The standard InChI is InChI=1S/C12H23NO/c1-3-11(2)8-13-9-12(10-14)6-4-5-7-12/h13-14H,2-10H2,1H3. The van der Waals surface area contributed by atoms with Gasteiger partial charge in [-0.15, -0.1) is 0 Å². The molecule has 0 saturated heterocycles. The molecule has 0 radical (unpaired) electrons. The molecule has 0 aliphatic heterocycles. The summed E-state index contributed by atoms with van der Waals surface area (Å²) in [6.45, 7) is 8.27. The largest absolute Gasteiger partial charge is 0.396 e. The summed E-state index contributed by atoms with van der Waals surface area (Å²) in [7, 11) is 0. The number of rotatable bonds is 6. The highest BCUT2D eigenvalue weighted by Gasteiger charge is 2.32. The van der Waals surface area contributed by atoms with Crippen molar-refractivity contribution in [1.29, 1.82) is 0 Å². The summed E-state index contributed by atoms with van der Waals surface area (Å²) in [6.07, 6.45) is 5.94. The molecule has 0 aromatic heterocycles. The van der Waals surface area contributed by atoms with E-state index in [-0.39, 0.29) is 5.41 Å². The molecule has 0 spiro atoms. The highest BCUT2D eigenvalue weighted by Crippen LogP contribution is 2.36. The maximum Gasteiger partial charge on any atom is 0.0499 e. The first-order valence-corrected chi connectivity index (χ1v) is 5.71. The lowest BCUT2D eigenvalue weighted by Gasteiger charge is -2.26. The normalized spacial score (nSPS) is 19.9. The van der Waals surface area contributed by atoms with Crippen LogP contribution in [0.5, 0.6) is 0 Å². The van der Waals surface area contributed by atoms with E-state index in [9.17, 15) is 5.11 Å². The minimum absolute atomic E-state index is 0.175. The monoisotopic (exact) mass is 197 g/mol. The zero-order chi connectivity index (χ0) is 10.4. The Morgan fingerprint density at radius 3 is 2.57 bits per heavy atom. The predicted molar refractivity (Wildman–Crippen MR) is 60.3 cm³/mol. The fourth-order valence-corrected chi connectivity index (χ4v) is 2.15. The second kappa shape index (κ2) is 5.52. The van der Waals surface area contributed by atoms with Crippen LogP contribution in [0.4, 0.5) is 0 Å². The summed E-state index contributed by atoms with van der Waals surface area (Å²) in [5.41, 5.74) is 1.42. The molecular weight excluding hydrogens is 174 g/mol. The molecular formula is C12H23NO. The predicted octanol–water partition coefficient (Wildman–Crippen LogP) is 2.09. The van der Waals surface area contributed by atoms with Crippen molar-refractivity contribution in [2.45, 2.75) is 39.0 Å². The molecule has 0 heterocycles. The molecule has 0 unspecified atom stereocenters. The van der Waals surface area contributed by atoms with Crippen LogP contribution < -0.4 is 5.32 Å². The van der Waals surface area contributed by atoms with E-state index in [4.69, 9.17) is 0 Å². The van der Waals surface area contributed by atoms with Crippen LogP contribution in [-0.4, -0.2) is 24.8 Å². The van der Waals surface area contributed by atoms with Crippen LogP contribution in [-0.2, 0) is 0 Å². The molecule has 0 atom stereocenters. The van der Waals surface area contributed by atoms with Crippen molar-refractivity contribution in [3.8, 4) is 0 Å². The van der Waals surface area contributed by atoms with Gasteiger partial charge in [-0.05, 0) is 19.3 Å². The van der Waals surface area contributed by atoms with Crippen molar-refractivity contribution >= 4 is 0 Å². The van der Waals surface area contributed by atoms with Gasteiger partial charge in [-0.3, -0.25) is 0 Å². The average Bonchev–Trinajstić information content (AvgIpc) is 2.67. The smallest absolute Gasteiger partial charge is 0.0499 e. The summed E-state index contributed by atoms with van der Waals surface area (Å²) in [5, 5.41) is 12.8. The Morgan fingerprint density at radius 2 is 2.07 bits per heavy atom. The second-order valence-electron chi connectivity index (χ2n) is 4.57. The summed E-state index contributed by atoms with van der Waals surface area (Å²) >= 11 is 0. The van der Waals surface area contributed by atoms with Gasteiger partial charge in [0, 0.05) is 25.1 Å². The molecule has 0 bridgehead atoms. The Labute approximate surface area is 87.4 Å². The van der Waals surface area contributed by atoms with Crippen molar-refractivity contribution in [3.63, 3.8) is 0 Å². The molecule has 2 heteroatoms. The Bertz CT molecular complexity index is 183. The van der Waals surface area contributed by atoms with Crippen molar-refractivity contribution < 1.29 is 5.11 Å². The molecule has 1 saturated carbocycles. The van der Waals surface area contributed by atoms with Gasteiger partial charge in [0.1, 0.15) is 0 Å². The first kappa shape index (κ1) is 11.7. The Kier molecular flexibility index (Phi) is 4.63. The molecule has 82 valence electrons. The quantitative estimate of drug-likeness (QED) is 0.639. The number of aliphatic hydroxyl groups is 1. The highest BCUT2D eigenvalue weighted by atomic mass is 16.3. The summed E-state index contributed by atoms with van der Waals surface area (Å²) in [6, 6.07) is 0. The Hall–Kier alpha value is -0.340. The molecule has 14 heavy (non-hydrogen) atoms. The molecule has 0 aromatic carbocycles. The van der Waals surface area contributed by atoms with Crippen LogP contribution in [0, 0.1) is 5.41 Å². The van der Waals surface area contributed by atoms with E-state index in [1.165, 1.54) is 31.3 Å². The lowest BCUT2D eigenvalue weighted by Crippen LogP contribution is -2.35. The lowest BCUT2D eigenvalue weighted by atomic mass is 9.87. The van der Waals surface area contributed by atoms with Gasteiger partial charge < -0.3 is 10.4 Å². The van der Waals surface area contributed by atoms with E-state index < -0.39 is 0 Å². The molecule has 2 nitrogen and oxygen atoms in total. The first-order valence-electron chi connectivity index (χ1n) is 5.71. The first-order chi connectivity index (χ1) is 6.72. The van der Waals surface area contributed by atoms with E-state index in [1.807, 2.05) is 0 Å². The van der Waals surface area contributed by atoms with Crippen LogP contribution in [0.2, 0.25) is 0 Å². The molecule has 1 fully saturated rings. The topological polar surface area (TPSA) is 32.3 Å². The number of hydrogen-bond acceptors (Lipinski definition) is 2. The fourth-order valence-electron chi connectivity index (χ4n) is 2.15. The maximum absolute atomic E-state index is 9.38. The van der Waals surface area contributed by atoms with Crippen LogP contribution in [0.1, 0.15) is 39.0 Å². The van der Waals surface area contributed by atoms with Gasteiger partial charge in [-0.25, -0.2) is 0 Å². The third-order valence-corrected chi connectivity index (χ3v) is 3.37. The van der Waals surface area contributed by atoms with Crippen LogP contribution in [0.25, 0.3) is 0 Å². The zero-order valence-electron chi connectivity index (χ0n) is 9.31. The van der Waals surface area contributed by atoms with E-state index in [2.05, 4.69) is 18.8 Å². The SMILES string of the molecule is C=C(CC)CNCC1(CO)CCCC1. The van der Waals surface area contributed by atoms with Crippen LogP contribution in [0.3, 0.4) is 0 Å². The van der Waals surface area contributed by atoms with Crippen molar-refractivity contribution in [2.75, 3.05) is 19.7 Å². The van der Waals surface area contributed by atoms with E-state index in [0.29, 0.717) is 6.61 Å². The zero-order valence-corrected chi connectivity index (χ0v) is 9.31. The summed E-state index contributed by atoms with van der Waals surface area (Å²) in [4.78, 5) is 0. The van der Waals surface area contributed by atoms with Gasteiger partial charge in [-0.1, -0.05) is 31.9 Å². The van der Waals surface area contributed by atoms with Gasteiger partial charge >= 0.3 is 0 Å². The highest BCUT2D eigenvalue weighted by molar-refractivity contribution is 4.96. The summed E-state index contributed by atoms with van der Waals surface area (Å²) < 4.78 is 0. The third kappa shape index (κ3) is 3.10. The van der Waals surface area contributed by atoms with Gasteiger partial charge in [0.15, 0.2) is 0 Å². The second-order valence-corrected chi connectivity index (χ2v) is 4.57. The van der Waals surface area contributed by atoms with Crippen molar-refractivity contribution in [3.05, 3.63) is 12.2 Å². The maximum atomic E-state index is 9.38. The van der Waals surface area contributed by atoms with Crippen molar-refractivity contribution in [2.24, 2.45) is 5.41 Å². The van der Waals surface area contributed by atoms with E-state index in [0.717, 1.165) is 19.5 Å². The molecule has 1 aliphatic carbocycles. The van der Waals surface area contributed by atoms with Crippen molar-refractivity contribution in [1.82, 2.24) is 5.32 Å². The number of aliphatic hydroxyl groups excluding tert-OH is 1. The van der Waals surface area contributed by atoms with Gasteiger partial charge in [0.05, 0.1) is 0 Å². The minimum atomic E-state index is 0.175. The minimum Gasteiger partial charge on any atom is -0.396 e. The Morgan fingerprint density at radius 1 is 1.43 bits per heavy atom. The van der Waals surface area contributed by atoms with E-state index in [1.54, 1.807) is 0 Å². The Balaban J connectivity index is 2.24. The number of nitrogens with one attached hydrogen (secondary N) is 1. The lowest BCUT2D eigenvalue weighted by molar-refractivity contribution is 0.129. The average molecular weight is 197 g/mol. The number of hydrogen-bond donors (Lipinski definition) is 2. The van der Waals surface area contributed by atoms with Gasteiger partial charge in [0.2, 0.25) is 0 Å². The van der Waals surface area contributed by atoms with Crippen LogP contribution in [0.15, 0.2) is 12.2 Å². The summed E-state index contributed by atoms with van der Waals surface area (Å²) in [5.74, 6) is 0. The molecule has 0 amide bonds. The van der Waals surface area contributed by atoms with Gasteiger partial charge in [0.25, 0.3) is 0 Å². The molecule has 1 aliphatic rings. The molecule has 2 N–H and O–H groups in total.